The number of carbonyl (C=O) groups excluding carboxylic acids is 1. The van der Waals surface area contributed by atoms with E-state index in [1.54, 1.807) is 12.1 Å². The molecule has 0 radical (unpaired) electrons. The van der Waals surface area contributed by atoms with Gasteiger partial charge in [-0.15, -0.1) is 0 Å². The summed E-state index contributed by atoms with van der Waals surface area (Å²) in [5.74, 6) is -0.630. The fourth-order valence-electron chi connectivity index (χ4n) is 3.48. The van der Waals surface area contributed by atoms with Crippen LogP contribution in [-0.2, 0) is 17.9 Å². The molecule has 5 nitrogen and oxygen atoms in total. The number of anilines is 1. The summed E-state index contributed by atoms with van der Waals surface area (Å²) < 4.78 is 0. The van der Waals surface area contributed by atoms with Crippen molar-refractivity contribution in [2.45, 2.75) is 45.2 Å². The Kier molecular flexibility index (Phi) is 6.60. The van der Waals surface area contributed by atoms with Crippen molar-refractivity contribution in [3.8, 4) is 0 Å². The second-order valence-electron chi connectivity index (χ2n) is 7.13. The molecular formula is C22H26N2O3. The quantitative estimate of drug-likeness (QED) is 0.686. The van der Waals surface area contributed by atoms with Gasteiger partial charge in [-0.1, -0.05) is 43.5 Å². The maximum atomic E-state index is 12.4. The van der Waals surface area contributed by atoms with Crippen LogP contribution in [0.5, 0.6) is 0 Å². The van der Waals surface area contributed by atoms with E-state index in [2.05, 4.69) is 10.6 Å². The second-order valence-corrected chi connectivity index (χ2v) is 7.13. The van der Waals surface area contributed by atoms with Crippen molar-refractivity contribution in [3.63, 3.8) is 0 Å². The van der Waals surface area contributed by atoms with Crippen LogP contribution in [0.15, 0.2) is 48.5 Å². The van der Waals surface area contributed by atoms with Gasteiger partial charge in [0, 0.05) is 24.7 Å². The molecule has 5 heteroatoms. The number of carboxylic acids is 1. The van der Waals surface area contributed by atoms with Crippen molar-refractivity contribution in [1.29, 1.82) is 0 Å². The smallest absolute Gasteiger partial charge is 0.335 e. The molecule has 0 atom stereocenters. The maximum Gasteiger partial charge on any atom is 0.335 e. The number of benzene rings is 2. The van der Waals surface area contributed by atoms with Crippen LogP contribution >= 0.6 is 0 Å². The monoisotopic (exact) mass is 366 g/mol. The van der Waals surface area contributed by atoms with E-state index in [0.717, 1.165) is 42.5 Å². The normalized spacial score (nSPS) is 14.7. The number of carboxylic acid groups (broad SMARTS) is 1. The molecule has 142 valence electrons. The van der Waals surface area contributed by atoms with Crippen molar-refractivity contribution < 1.29 is 14.7 Å². The maximum absolute atomic E-state index is 12.4. The summed E-state index contributed by atoms with van der Waals surface area (Å²) >= 11 is 0. The Bertz CT molecular complexity index is 780. The number of amides is 1. The second kappa shape index (κ2) is 9.33. The van der Waals surface area contributed by atoms with Gasteiger partial charge in [-0.05, 0) is 48.2 Å². The van der Waals surface area contributed by atoms with E-state index < -0.39 is 5.97 Å². The Hall–Kier alpha value is -2.66. The van der Waals surface area contributed by atoms with Crippen LogP contribution in [0.2, 0.25) is 0 Å². The molecule has 0 unspecified atom stereocenters. The predicted molar refractivity (Wildman–Crippen MR) is 106 cm³/mol. The molecule has 27 heavy (non-hydrogen) atoms. The van der Waals surface area contributed by atoms with Crippen molar-refractivity contribution in [3.05, 3.63) is 65.2 Å². The molecule has 0 spiro atoms. The van der Waals surface area contributed by atoms with Crippen molar-refractivity contribution >= 4 is 17.6 Å². The first-order chi connectivity index (χ1) is 13.1. The SMILES string of the molecule is O=C(O)c1ccc(CNCc2cccc(NC(=O)C3CCCCC3)c2)cc1. The minimum Gasteiger partial charge on any atom is -0.478 e. The largest absolute Gasteiger partial charge is 0.478 e. The summed E-state index contributed by atoms with van der Waals surface area (Å²) in [7, 11) is 0. The van der Waals surface area contributed by atoms with E-state index >= 15 is 0 Å². The van der Waals surface area contributed by atoms with Crippen LogP contribution in [0.1, 0.15) is 53.6 Å². The van der Waals surface area contributed by atoms with Gasteiger partial charge < -0.3 is 15.7 Å². The fraction of sp³-hybridized carbons (Fsp3) is 0.364. The molecule has 0 bridgehead atoms. The van der Waals surface area contributed by atoms with Crippen molar-refractivity contribution in [2.24, 2.45) is 5.92 Å². The summed E-state index contributed by atoms with van der Waals surface area (Å²) in [5, 5.41) is 15.3. The molecule has 3 rings (SSSR count). The van der Waals surface area contributed by atoms with Gasteiger partial charge in [-0.2, -0.15) is 0 Å². The Balaban J connectivity index is 1.49. The van der Waals surface area contributed by atoms with Crippen LogP contribution in [-0.4, -0.2) is 17.0 Å². The first-order valence-electron chi connectivity index (χ1n) is 9.54. The lowest BCUT2D eigenvalue weighted by molar-refractivity contribution is -0.120. The molecule has 1 aliphatic carbocycles. The lowest BCUT2D eigenvalue weighted by Crippen LogP contribution is -2.24. The Morgan fingerprint density at radius 2 is 1.63 bits per heavy atom. The molecular weight excluding hydrogens is 340 g/mol. The topological polar surface area (TPSA) is 78.4 Å². The predicted octanol–water partition coefficient (Wildman–Crippen LogP) is 4.19. The highest BCUT2D eigenvalue weighted by atomic mass is 16.4. The third kappa shape index (κ3) is 5.66. The third-order valence-corrected chi connectivity index (χ3v) is 5.03. The van der Waals surface area contributed by atoms with E-state index in [4.69, 9.17) is 5.11 Å². The Labute approximate surface area is 159 Å². The molecule has 0 saturated heterocycles. The minimum atomic E-state index is -0.915. The molecule has 0 aromatic heterocycles. The first-order valence-corrected chi connectivity index (χ1v) is 9.54. The lowest BCUT2D eigenvalue weighted by Gasteiger charge is -2.20. The number of rotatable bonds is 7. The molecule has 0 heterocycles. The van der Waals surface area contributed by atoms with Crippen LogP contribution < -0.4 is 10.6 Å². The summed E-state index contributed by atoms with van der Waals surface area (Å²) in [6, 6.07) is 14.8. The van der Waals surface area contributed by atoms with Gasteiger partial charge in [0.2, 0.25) is 5.91 Å². The van der Waals surface area contributed by atoms with Gasteiger partial charge >= 0.3 is 5.97 Å². The zero-order valence-corrected chi connectivity index (χ0v) is 15.4. The van der Waals surface area contributed by atoms with Crippen LogP contribution in [0, 0.1) is 5.92 Å². The standard InChI is InChI=1S/C22H26N2O3/c25-21(18-6-2-1-3-7-18)24-20-8-4-5-17(13-20)15-23-14-16-9-11-19(12-10-16)22(26)27/h4-5,8-13,18,23H,1-3,6-7,14-15H2,(H,24,25)(H,26,27). The molecule has 1 saturated carbocycles. The Morgan fingerprint density at radius 1 is 0.926 bits per heavy atom. The van der Waals surface area contributed by atoms with E-state index in [9.17, 15) is 9.59 Å². The van der Waals surface area contributed by atoms with Gasteiger partial charge in [0.1, 0.15) is 0 Å². The van der Waals surface area contributed by atoms with E-state index in [1.807, 2.05) is 36.4 Å². The minimum absolute atomic E-state index is 0.137. The zero-order chi connectivity index (χ0) is 19.1. The number of hydrogen-bond donors (Lipinski definition) is 3. The van der Waals surface area contributed by atoms with Crippen LogP contribution in [0.4, 0.5) is 5.69 Å². The highest BCUT2D eigenvalue weighted by Crippen LogP contribution is 2.25. The van der Waals surface area contributed by atoms with Crippen LogP contribution in [0.25, 0.3) is 0 Å². The van der Waals surface area contributed by atoms with Gasteiger partial charge in [-0.25, -0.2) is 4.79 Å². The number of hydrogen-bond acceptors (Lipinski definition) is 3. The zero-order valence-electron chi connectivity index (χ0n) is 15.4. The fourth-order valence-corrected chi connectivity index (χ4v) is 3.48. The molecule has 1 fully saturated rings. The average Bonchev–Trinajstić information content (AvgIpc) is 2.69. The van der Waals surface area contributed by atoms with Gasteiger partial charge in [0.15, 0.2) is 0 Å². The van der Waals surface area contributed by atoms with Crippen molar-refractivity contribution in [2.75, 3.05) is 5.32 Å². The first kappa shape index (κ1) is 19.1. The molecule has 2 aromatic rings. The van der Waals surface area contributed by atoms with Gasteiger partial charge in [-0.3, -0.25) is 4.79 Å². The number of aromatic carboxylic acids is 1. The molecule has 0 aliphatic heterocycles. The number of nitrogens with one attached hydrogen (secondary N) is 2. The van der Waals surface area contributed by atoms with Gasteiger partial charge in [0.25, 0.3) is 0 Å². The summed E-state index contributed by atoms with van der Waals surface area (Å²) in [6.45, 7) is 1.33. The summed E-state index contributed by atoms with van der Waals surface area (Å²) in [4.78, 5) is 23.3. The molecule has 2 aromatic carbocycles. The van der Waals surface area contributed by atoms with E-state index in [1.165, 1.54) is 6.42 Å². The Morgan fingerprint density at radius 3 is 2.33 bits per heavy atom. The summed E-state index contributed by atoms with van der Waals surface area (Å²) in [6.07, 6.45) is 5.52. The molecule has 1 aliphatic rings. The van der Waals surface area contributed by atoms with Gasteiger partial charge in [0.05, 0.1) is 5.56 Å². The van der Waals surface area contributed by atoms with E-state index in [-0.39, 0.29) is 11.8 Å². The lowest BCUT2D eigenvalue weighted by atomic mass is 9.88. The van der Waals surface area contributed by atoms with Crippen molar-refractivity contribution in [1.82, 2.24) is 5.32 Å². The highest BCUT2D eigenvalue weighted by molar-refractivity contribution is 5.92. The average molecular weight is 366 g/mol. The number of carbonyl (C=O) groups is 2. The third-order valence-electron chi connectivity index (χ3n) is 5.03. The molecule has 1 amide bonds. The highest BCUT2D eigenvalue weighted by Gasteiger charge is 2.20. The van der Waals surface area contributed by atoms with Crippen LogP contribution in [0.3, 0.4) is 0 Å². The summed E-state index contributed by atoms with van der Waals surface area (Å²) in [5.41, 5.74) is 3.26. The van der Waals surface area contributed by atoms with E-state index in [0.29, 0.717) is 18.7 Å². The molecule has 3 N–H and O–H groups in total.